The number of fused-ring (bicyclic) bond motifs is 1. The third kappa shape index (κ3) is 3.03. The van der Waals surface area contributed by atoms with E-state index in [1.54, 1.807) is 6.20 Å². The predicted octanol–water partition coefficient (Wildman–Crippen LogP) is 4.17. The molecule has 6 heteroatoms. The molecule has 1 heterocycles. The van der Waals surface area contributed by atoms with E-state index in [1.165, 1.54) is 30.3 Å². The number of aryl methyl sites for hydroxylation is 1. The molecule has 6 nitrogen and oxygen atoms in total. The number of ketones is 1. The number of carbonyl (C=O) groups excluding carboxylic acids is 1. The third-order valence-electron chi connectivity index (χ3n) is 3.94. The van der Waals surface area contributed by atoms with Gasteiger partial charge in [0.2, 0.25) is 5.78 Å². The van der Waals surface area contributed by atoms with Gasteiger partial charge in [-0.1, -0.05) is 12.1 Å². The normalized spacial score (nSPS) is 11.3. The molecule has 0 atom stereocenters. The maximum absolute atomic E-state index is 12.8. The van der Waals surface area contributed by atoms with Crippen LogP contribution in [0.25, 0.3) is 17.0 Å². The van der Waals surface area contributed by atoms with Crippen molar-refractivity contribution >= 4 is 28.4 Å². The summed E-state index contributed by atoms with van der Waals surface area (Å²) in [4.78, 5) is 26.0. The van der Waals surface area contributed by atoms with E-state index in [0.29, 0.717) is 11.1 Å². The number of nitrogens with zero attached hydrogens (tertiary/aromatic N) is 2. The Morgan fingerprint density at radius 1 is 1.24 bits per heavy atom. The Bertz CT molecular complexity index is 1050. The van der Waals surface area contributed by atoms with Crippen LogP contribution in [0, 0.1) is 28.4 Å². The quantitative estimate of drug-likeness (QED) is 0.255. The Kier molecular flexibility index (Phi) is 4.14. The topological polar surface area (TPSA) is 99.8 Å². The summed E-state index contributed by atoms with van der Waals surface area (Å²) in [5.41, 5.74) is 2.67. The molecule has 25 heavy (non-hydrogen) atoms. The number of nitro groups is 1. The molecule has 0 saturated carbocycles. The Balaban J connectivity index is 2.01. The lowest BCUT2D eigenvalue weighted by atomic mass is 9.99. The summed E-state index contributed by atoms with van der Waals surface area (Å²) in [5, 5.41) is 20.9. The number of non-ortho nitro benzene ring substituents is 1. The van der Waals surface area contributed by atoms with E-state index < -0.39 is 4.92 Å². The number of carbonyl (C=O) groups is 1. The van der Waals surface area contributed by atoms with E-state index in [0.717, 1.165) is 16.5 Å². The van der Waals surface area contributed by atoms with Crippen molar-refractivity contribution in [1.29, 1.82) is 5.26 Å². The molecule has 0 aliphatic heterocycles. The van der Waals surface area contributed by atoms with Gasteiger partial charge in [-0.2, -0.15) is 5.26 Å². The third-order valence-corrected chi connectivity index (χ3v) is 3.94. The van der Waals surface area contributed by atoms with Crippen LogP contribution in [0.3, 0.4) is 0 Å². The first-order chi connectivity index (χ1) is 12.0. The van der Waals surface area contributed by atoms with Gasteiger partial charge in [0.15, 0.2) is 0 Å². The molecule has 0 saturated heterocycles. The summed E-state index contributed by atoms with van der Waals surface area (Å²) < 4.78 is 0. The van der Waals surface area contributed by atoms with Gasteiger partial charge in [0.05, 0.1) is 4.92 Å². The summed E-state index contributed by atoms with van der Waals surface area (Å²) in [5.74, 6) is -0.388. The van der Waals surface area contributed by atoms with Crippen LogP contribution in [0.5, 0.6) is 0 Å². The Morgan fingerprint density at radius 3 is 2.60 bits per heavy atom. The monoisotopic (exact) mass is 331 g/mol. The van der Waals surface area contributed by atoms with Crippen LogP contribution in [-0.2, 0) is 0 Å². The number of aromatic nitrogens is 1. The van der Waals surface area contributed by atoms with Gasteiger partial charge in [0.25, 0.3) is 5.69 Å². The van der Waals surface area contributed by atoms with Crippen molar-refractivity contribution < 1.29 is 9.72 Å². The molecule has 3 rings (SSSR count). The smallest absolute Gasteiger partial charge is 0.269 e. The second kappa shape index (κ2) is 6.42. The van der Waals surface area contributed by atoms with Crippen LogP contribution in [0.1, 0.15) is 21.5 Å². The number of hydrogen-bond acceptors (Lipinski definition) is 4. The van der Waals surface area contributed by atoms with E-state index in [1.807, 2.05) is 31.2 Å². The standard InChI is InChI=1S/C19H13N3O3/c1-12-3-2-4-17-18(12)16(11-21-17)19(23)14(10-20)9-13-5-7-15(8-6-13)22(24)25/h2-9,11,21H,1H3/b14-9+. The van der Waals surface area contributed by atoms with Crippen LogP contribution < -0.4 is 0 Å². The maximum Gasteiger partial charge on any atom is 0.269 e. The van der Waals surface area contributed by atoms with Crippen molar-refractivity contribution in [3.8, 4) is 6.07 Å². The molecule has 0 aliphatic carbocycles. The first-order valence-corrected chi connectivity index (χ1v) is 7.49. The summed E-state index contributed by atoms with van der Waals surface area (Å²) in [6.45, 7) is 1.90. The fourth-order valence-corrected chi connectivity index (χ4v) is 2.70. The SMILES string of the molecule is Cc1cccc2[nH]cc(C(=O)/C(C#N)=C/c3ccc([N+](=O)[O-])cc3)c12. The fourth-order valence-electron chi connectivity index (χ4n) is 2.70. The van der Waals surface area contributed by atoms with Crippen LogP contribution in [0.4, 0.5) is 5.69 Å². The Labute approximate surface area is 143 Å². The average Bonchev–Trinajstić information content (AvgIpc) is 3.05. The van der Waals surface area contributed by atoms with E-state index in [-0.39, 0.29) is 17.0 Å². The zero-order chi connectivity index (χ0) is 18.0. The van der Waals surface area contributed by atoms with Crippen molar-refractivity contribution in [1.82, 2.24) is 4.98 Å². The van der Waals surface area contributed by atoms with Gasteiger partial charge >= 0.3 is 0 Å². The summed E-state index contributed by atoms with van der Waals surface area (Å²) in [6, 6.07) is 13.3. The molecular weight excluding hydrogens is 318 g/mol. The largest absolute Gasteiger partial charge is 0.360 e. The molecule has 122 valence electrons. The first kappa shape index (κ1) is 16.1. The van der Waals surface area contributed by atoms with Gasteiger partial charge in [0.1, 0.15) is 11.6 Å². The van der Waals surface area contributed by atoms with Crippen LogP contribution in [-0.4, -0.2) is 15.7 Å². The molecule has 0 bridgehead atoms. The van der Waals surface area contributed by atoms with Crippen LogP contribution in [0.2, 0.25) is 0 Å². The minimum absolute atomic E-state index is 0.0296. The molecule has 0 aliphatic rings. The molecule has 1 N–H and O–H groups in total. The van der Waals surface area contributed by atoms with Gasteiger partial charge in [-0.15, -0.1) is 0 Å². The summed E-state index contributed by atoms with van der Waals surface area (Å²) in [7, 11) is 0. The molecule has 0 spiro atoms. The highest BCUT2D eigenvalue weighted by Gasteiger charge is 2.18. The van der Waals surface area contributed by atoms with Gasteiger partial charge in [-0.05, 0) is 42.3 Å². The van der Waals surface area contributed by atoms with Crippen molar-refractivity contribution in [2.45, 2.75) is 6.92 Å². The zero-order valence-corrected chi connectivity index (χ0v) is 13.3. The van der Waals surface area contributed by atoms with Crippen LogP contribution >= 0.6 is 0 Å². The number of H-pyrrole nitrogens is 1. The summed E-state index contributed by atoms with van der Waals surface area (Å²) >= 11 is 0. The predicted molar refractivity (Wildman–Crippen MR) is 94.1 cm³/mol. The van der Waals surface area contributed by atoms with E-state index in [2.05, 4.69) is 4.98 Å². The van der Waals surface area contributed by atoms with Crippen LogP contribution in [0.15, 0.2) is 54.2 Å². The molecule has 0 radical (unpaired) electrons. The minimum atomic E-state index is -0.501. The average molecular weight is 331 g/mol. The van der Waals surface area contributed by atoms with E-state index in [9.17, 15) is 20.2 Å². The Morgan fingerprint density at radius 2 is 1.96 bits per heavy atom. The van der Waals surface area contributed by atoms with Crippen molar-refractivity contribution in [2.75, 3.05) is 0 Å². The number of Topliss-reactive ketones (excluding diaryl/α,β-unsaturated/α-hetero) is 1. The number of nitro benzene ring substituents is 1. The van der Waals surface area contributed by atoms with Crippen molar-refractivity contribution in [3.05, 3.63) is 81.0 Å². The number of hydrogen-bond donors (Lipinski definition) is 1. The highest BCUT2D eigenvalue weighted by atomic mass is 16.6. The highest BCUT2D eigenvalue weighted by molar-refractivity contribution is 6.20. The Hall–Kier alpha value is -3.72. The zero-order valence-electron chi connectivity index (χ0n) is 13.3. The molecule has 0 fully saturated rings. The number of rotatable bonds is 4. The number of nitriles is 1. The molecule has 1 aromatic heterocycles. The van der Waals surface area contributed by atoms with E-state index >= 15 is 0 Å². The lowest BCUT2D eigenvalue weighted by molar-refractivity contribution is -0.384. The summed E-state index contributed by atoms with van der Waals surface area (Å²) in [6.07, 6.45) is 3.03. The van der Waals surface area contributed by atoms with Crippen molar-refractivity contribution in [3.63, 3.8) is 0 Å². The van der Waals surface area contributed by atoms with Gasteiger partial charge < -0.3 is 4.98 Å². The second-order valence-electron chi connectivity index (χ2n) is 5.55. The lowest BCUT2D eigenvalue weighted by Crippen LogP contribution is -2.01. The van der Waals surface area contributed by atoms with Gasteiger partial charge in [0, 0.05) is 34.8 Å². The number of aromatic amines is 1. The highest BCUT2D eigenvalue weighted by Crippen LogP contribution is 2.25. The fraction of sp³-hybridized carbons (Fsp3) is 0.0526. The molecular formula is C19H13N3O3. The number of allylic oxidation sites excluding steroid dienone is 1. The van der Waals surface area contributed by atoms with Crippen molar-refractivity contribution in [2.24, 2.45) is 0 Å². The minimum Gasteiger partial charge on any atom is -0.360 e. The first-order valence-electron chi connectivity index (χ1n) is 7.49. The molecule has 0 amide bonds. The molecule has 0 unspecified atom stereocenters. The second-order valence-corrected chi connectivity index (χ2v) is 5.55. The molecule has 3 aromatic rings. The molecule has 2 aromatic carbocycles. The van der Waals surface area contributed by atoms with Gasteiger partial charge in [-0.3, -0.25) is 14.9 Å². The lowest BCUT2D eigenvalue weighted by Gasteiger charge is -2.01. The number of nitrogens with one attached hydrogen (secondary N) is 1. The maximum atomic E-state index is 12.8. The van der Waals surface area contributed by atoms with E-state index in [4.69, 9.17) is 0 Å². The number of benzene rings is 2. The van der Waals surface area contributed by atoms with Gasteiger partial charge in [-0.25, -0.2) is 0 Å².